The number of nitrogens with zero attached hydrogens (tertiary/aromatic N) is 1. The molecule has 0 aliphatic heterocycles. The van der Waals surface area contributed by atoms with Gasteiger partial charge in [0.2, 0.25) is 0 Å². The largest absolute Gasteiger partial charge is 0.396 e. The molecule has 118 valence electrons. The summed E-state index contributed by atoms with van der Waals surface area (Å²) in [7, 11) is 3.95. The summed E-state index contributed by atoms with van der Waals surface area (Å²) < 4.78 is 0. The van der Waals surface area contributed by atoms with Crippen molar-refractivity contribution in [3.63, 3.8) is 0 Å². The molecule has 1 amide bonds. The van der Waals surface area contributed by atoms with E-state index in [-0.39, 0.29) is 12.5 Å². The highest BCUT2D eigenvalue weighted by Gasteiger charge is 2.13. The molecule has 0 saturated heterocycles. The molecular weight excluding hydrogens is 264 g/mol. The Morgan fingerprint density at radius 3 is 2.33 bits per heavy atom. The van der Waals surface area contributed by atoms with Crippen LogP contribution in [-0.4, -0.2) is 38.3 Å². The highest BCUT2D eigenvalue weighted by atomic mass is 16.3. The second-order valence-electron chi connectivity index (χ2n) is 6.16. The fourth-order valence-corrected chi connectivity index (χ4v) is 2.40. The highest BCUT2D eigenvalue weighted by molar-refractivity contribution is 5.94. The van der Waals surface area contributed by atoms with Gasteiger partial charge in [0.05, 0.1) is 0 Å². The number of carbonyl (C=O) groups excluding carboxylic acids is 1. The number of hydrogen-bond donors (Lipinski definition) is 2. The summed E-state index contributed by atoms with van der Waals surface area (Å²) in [6, 6.07) is 7.56. The summed E-state index contributed by atoms with van der Waals surface area (Å²) in [6.07, 6.45) is 1.75. The molecule has 1 aromatic rings. The Bertz CT molecular complexity index is 427. The van der Waals surface area contributed by atoms with Crippen molar-refractivity contribution in [1.29, 1.82) is 0 Å². The molecule has 4 nitrogen and oxygen atoms in total. The molecular formula is C17H28N2O2. The SMILES string of the molecule is CC(C)CC(CCO)CNC(=O)c1ccc(N(C)C)cc1. The van der Waals surface area contributed by atoms with Gasteiger partial charge < -0.3 is 15.3 Å². The van der Waals surface area contributed by atoms with Crippen LogP contribution in [-0.2, 0) is 0 Å². The maximum absolute atomic E-state index is 12.1. The minimum atomic E-state index is -0.0491. The Balaban J connectivity index is 2.55. The first kappa shape index (κ1) is 17.5. The molecule has 0 fully saturated rings. The Morgan fingerprint density at radius 2 is 1.86 bits per heavy atom. The molecule has 0 saturated carbocycles. The van der Waals surface area contributed by atoms with Gasteiger partial charge in [-0.1, -0.05) is 13.8 Å². The van der Waals surface area contributed by atoms with Crippen LogP contribution in [0.5, 0.6) is 0 Å². The van der Waals surface area contributed by atoms with Gasteiger partial charge in [-0.15, -0.1) is 0 Å². The van der Waals surface area contributed by atoms with Crippen molar-refractivity contribution in [2.45, 2.75) is 26.7 Å². The lowest BCUT2D eigenvalue weighted by atomic mass is 9.94. The van der Waals surface area contributed by atoms with E-state index in [1.165, 1.54) is 0 Å². The standard InChI is InChI=1S/C17H28N2O2/c1-13(2)11-14(9-10-20)12-18-17(21)15-5-7-16(8-6-15)19(3)4/h5-8,13-14,20H,9-12H2,1-4H3,(H,18,21). The van der Waals surface area contributed by atoms with Crippen LogP contribution in [0.15, 0.2) is 24.3 Å². The number of carbonyl (C=O) groups is 1. The lowest BCUT2D eigenvalue weighted by Gasteiger charge is -2.19. The zero-order valence-electron chi connectivity index (χ0n) is 13.6. The van der Waals surface area contributed by atoms with Crippen molar-refractivity contribution >= 4 is 11.6 Å². The van der Waals surface area contributed by atoms with Crippen LogP contribution in [0.3, 0.4) is 0 Å². The third-order valence-electron chi connectivity index (χ3n) is 3.54. The van der Waals surface area contributed by atoms with Crippen LogP contribution >= 0.6 is 0 Å². The van der Waals surface area contributed by atoms with Crippen LogP contribution in [0.2, 0.25) is 0 Å². The van der Waals surface area contributed by atoms with Crippen molar-refractivity contribution in [1.82, 2.24) is 5.32 Å². The smallest absolute Gasteiger partial charge is 0.251 e. The molecule has 1 rings (SSSR count). The van der Waals surface area contributed by atoms with Crippen LogP contribution in [0.1, 0.15) is 37.0 Å². The zero-order chi connectivity index (χ0) is 15.8. The summed E-state index contributed by atoms with van der Waals surface area (Å²) in [5, 5.41) is 12.1. The molecule has 0 bridgehead atoms. The van der Waals surface area contributed by atoms with E-state index >= 15 is 0 Å². The van der Waals surface area contributed by atoms with E-state index in [0.717, 1.165) is 18.5 Å². The van der Waals surface area contributed by atoms with E-state index in [1.54, 1.807) is 0 Å². The van der Waals surface area contributed by atoms with Gasteiger partial charge in [-0.3, -0.25) is 4.79 Å². The second-order valence-corrected chi connectivity index (χ2v) is 6.16. The third-order valence-corrected chi connectivity index (χ3v) is 3.54. The zero-order valence-corrected chi connectivity index (χ0v) is 13.6. The summed E-state index contributed by atoms with van der Waals surface area (Å²) in [4.78, 5) is 14.1. The van der Waals surface area contributed by atoms with E-state index in [4.69, 9.17) is 5.11 Å². The van der Waals surface area contributed by atoms with Gasteiger partial charge in [0.25, 0.3) is 5.91 Å². The first-order valence-corrected chi connectivity index (χ1v) is 7.60. The van der Waals surface area contributed by atoms with E-state index in [0.29, 0.717) is 23.9 Å². The Labute approximate surface area is 128 Å². The number of anilines is 1. The summed E-state index contributed by atoms with van der Waals surface area (Å²) in [5.41, 5.74) is 1.75. The third kappa shape index (κ3) is 6.17. The number of rotatable bonds is 8. The van der Waals surface area contributed by atoms with E-state index < -0.39 is 0 Å². The van der Waals surface area contributed by atoms with Gasteiger partial charge in [-0.25, -0.2) is 0 Å². The average Bonchev–Trinajstić information content (AvgIpc) is 2.44. The summed E-state index contributed by atoms with van der Waals surface area (Å²) in [6.45, 7) is 5.11. The normalized spacial score (nSPS) is 12.3. The van der Waals surface area contributed by atoms with E-state index in [9.17, 15) is 4.79 Å². The van der Waals surface area contributed by atoms with Crippen LogP contribution in [0.4, 0.5) is 5.69 Å². The van der Waals surface area contributed by atoms with Gasteiger partial charge >= 0.3 is 0 Å². The number of hydrogen-bond acceptors (Lipinski definition) is 3. The highest BCUT2D eigenvalue weighted by Crippen LogP contribution is 2.15. The predicted octanol–water partition coefficient (Wildman–Crippen LogP) is 2.53. The average molecular weight is 292 g/mol. The topological polar surface area (TPSA) is 52.6 Å². The molecule has 1 unspecified atom stereocenters. The fraction of sp³-hybridized carbons (Fsp3) is 0.588. The van der Waals surface area contributed by atoms with Crippen molar-refractivity contribution in [2.75, 3.05) is 32.1 Å². The van der Waals surface area contributed by atoms with Crippen molar-refractivity contribution in [2.24, 2.45) is 11.8 Å². The Morgan fingerprint density at radius 1 is 1.24 bits per heavy atom. The molecule has 4 heteroatoms. The minimum absolute atomic E-state index is 0.0491. The molecule has 2 N–H and O–H groups in total. The van der Waals surface area contributed by atoms with Gasteiger partial charge in [0, 0.05) is 38.5 Å². The lowest BCUT2D eigenvalue weighted by molar-refractivity contribution is 0.0941. The maximum Gasteiger partial charge on any atom is 0.251 e. The molecule has 1 aromatic carbocycles. The van der Waals surface area contributed by atoms with Crippen molar-refractivity contribution in [3.05, 3.63) is 29.8 Å². The van der Waals surface area contributed by atoms with Crippen LogP contribution < -0.4 is 10.2 Å². The summed E-state index contributed by atoms with van der Waals surface area (Å²) >= 11 is 0. The molecule has 0 heterocycles. The van der Waals surface area contributed by atoms with Gasteiger partial charge in [0.15, 0.2) is 0 Å². The number of nitrogens with one attached hydrogen (secondary N) is 1. The van der Waals surface area contributed by atoms with Crippen molar-refractivity contribution in [3.8, 4) is 0 Å². The van der Waals surface area contributed by atoms with E-state index in [2.05, 4.69) is 19.2 Å². The lowest BCUT2D eigenvalue weighted by Crippen LogP contribution is -2.30. The Kier molecular flexibility index (Phi) is 7.23. The van der Waals surface area contributed by atoms with Crippen molar-refractivity contribution < 1.29 is 9.90 Å². The first-order chi connectivity index (χ1) is 9.93. The second kappa shape index (κ2) is 8.67. The maximum atomic E-state index is 12.1. The van der Waals surface area contributed by atoms with Gasteiger partial charge in [-0.2, -0.15) is 0 Å². The molecule has 0 aromatic heterocycles. The quantitative estimate of drug-likeness (QED) is 0.774. The van der Waals surface area contributed by atoms with E-state index in [1.807, 2.05) is 43.3 Å². The predicted molar refractivity (Wildman–Crippen MR) is 87.8 cm³/mol. The monoisotopic (exact) mass is 292 g/mol. The first-order valence-electron chi connectivity index (χ1n) is 7.60. The fourth-order valence-electron chi connectivity index (χ4n) is 2.40. The number of benzene rings is 1. The summed E-state index contributed by atoms with van der Waals surface area (Å²) in [5.74, 6) is 0.852. The van der Waals surface area contributed by atoms with Gasteiger partial charge in [-0.05, 0) is 48.9 Å². The molecule has 1 atom stereocenters. The molecule has 0 aliphatic rings. The minimum Gasteiger partial charge on any atom is -0.396 e. The van der Waals surface area contributed by atoms with Crippen LogP contribution in [0, 0.1) is 11.8 Å². The number of aliphatic hydroxyl groups excluding tert-OH is 1. The Hall–Kier alpha value is -1.55. The molecule has 0 spiro atoms. The number of amides is 1. The molecule has 0 radical (unpaired) electrons. The van der Waals surface area contributed by atoms with Gasteiger partial charge in [0.1, 0.15) is 0 Å². The molecule has 0 aliphatic carbocycles. The molecule has 21 heavy (non-hydrogen) atoms. The van der Waals surface area contributed by atoms with Crippen LogP contribution in [0.25, 0.3) is 0 Å². The number of aliphatic hydroxyl groups is 1.